The third kappa shape index (κ3) is 7.95. The first-order valence-electron chi connectivity index (χ1n) is 14.3. The summed E-state index contributed by atoms with van der Waals surface area (Å²) < 4.78 is 11.3. The molecule has 1 saturated carbocycles. The molecule has 3 aromatic rings. The molecule has 216 valence electrons. The van der Waals surface area contributed by atoms with E-state index in [2.05, 4.69) is 25.5 Å². The van der Waals surface area contributed by atoms with Crippen LogP contribution in [0.25, 0.3) is 11.1 Å². The maximum atomic E-state index is 13.2. The Balaban J connectivity index is 0.000000350. The smallest absolute Gasteiger partial charge is 0.227 e. The zero-order valence-electron chi connectivity index (χ0n) is 23.6. The minimum absolute atomic E-state index is 0.0288. The molecular weight excluding hydrogens is 530 g/mol. The Morgan fingerprint density at radius 2 is 1.88 bits per heavy atom. The number of rotatable bonds is 7. The Morgan fingerprint density at radius 1 is 1.10 bits per heavy atom. The summed E-state index contributed by atoms with van der Waals surface area (Å²) in [5.74, 6) is 1.25. The molecule has 1 unspecified atom stereocenters. The van der Waals surface area contributed by atoms with Crippen molar-refractivity contribution in [2.24, 2.45) is 5.92 Å². The summed E-state index contributed by atoms with van der Waals surface area (Å²) in [6, 6.07) is 7.64. The molecule has 4 heterocycles. The van der Waals surface area contributed by atoms with Gasteiger partial charge in [0, 0.05) is 31.3 Å². The van der Waals surface area contributed by atoms with Crippen molar-refractivity contribution in [1.29, 1.82) is 0 Å². The Morgan fingerprint density at radius 3 is 2.55 bits per heavy atom. The Bertz CT molecular complexity index is 1260. The Kier molecular flexibility index (Phi) is 10.8. The number of hydrogen-bond donors (Lipinski definition) is 2. The number of carbonyl (C=O) groups is 2. The first-order valence-corrected chi connectivity index (χ1v) is 14.6. The van der Waals surface area contributed by atoms with Crippen molar-refractivity contribution < 1.29 is 18.7 Å². The van der Waals surface area contributed by atoms with Gasteiger partial charge in [-0.3, -0.25) is 9.59 Å². The summed E-state index contributed by atoms with van der Waals surface area (Å²) in [5, 5.41) is 6.52. The Hall–Kier alpha value is -3.17. The van der Waals surface area contributed by atoms with Crippen LogP contribution in [0.2, 0.25) is 5.02 Å². The van der Waals surface area contributed by atoms with Crippen LogP contribution in [-0.2, 0) is 4.79 Å². The van der Waals surface area contributed by atoms with Gasteiger partial charge in [0.2, 0.25) is 11.8 Å². The highest BCUT2D eigenvalue weighted by atomic mass is 35.5. The molecule has 5 rings (SSSR count). The molecule has 2 aliphatic rings. The van der Waals surface area contributed by atoms with Gasteiger partial charge >= 0.3 is 0 Å². The van der Waals surface area contributed by atoms with Gasteiger partial charge in [-0.25, -0.2) is 9.97 Å². The lowest BCUT2D eigenvalue weighted by Crippen LogP contribution is -2.35. The second-order valence-electron chi connectivity index (χ2n) is 10.7. The number of halogens is 1. The molecule has 1 aliphatic heterocycles. The number of amides is 1. The molecule has 1 saturated heterocycles. The molecule has 2 fully saturated rings. The number of nitrogens with one attached hydrogen (secondary N) is 2. The average Bonchev–Trinajstić information content (AvgIpc) is 3.58. The van der Waals surface area contributed by atoms with E-state index in [0.717, 1.165) is 37.9 Å². The highest BCUT2D eigenvalue weighted by Crippen LogP contribution is 2.33. The number of pyridine rings is 2. The fourth-order valence-corrected chi connectivity index (χ4v) is 5.53. The van der Waals surface area contributed by atoms with Crippen molar-refractivity contribution in [3.63, 3.8) is 0 Å². The molecule has 0 radical (unpaired) electrons. The molecule has 0 spiro atoms. The molecule has 2 atom stereocenters. The molecule has 2 N–H and O–H groups in total. The van der Waals surface area contributed by atoms with E-state index >= 15 is 0 Å². The zero-order valence-corrected chi connectivity index (χ0v) is 24.4. The van der Waals surface area contributed by atoms with Crippen LogP contribution in [0.15, 0.2) is 34.9 Å². The van der Waals surface area contributed by atoms with Crippen LogP contribution in [0.3, 0.4) is 0 Å². The SMILES string of the molecule is CC(C)Oc1ccc2oc(C=O)c(NC(=O)[C@H]3CCCCC(N4CCCC4)CC3)c2n1.CNc1ccc(Cl)cn1. The van der Waals surface area contributed by atoms with E-state index in [4.69, 9.17) is 20.8 Å². The van der Waals surface area contributed by atoms with Crippen molar-refractivity contribution in [2.75, 3.05) is 30.8 Å². The van der Waals surface area contributed by atoms with Crippen LogP contribution in [0.4, 0.5) is 11.5 Å². The van der Waals surface area contributed by atoms with E-state index in [0.29, 0.717) is 40.0 Å². The largest absolute Gasteiger partial charge is 0.475 e. The normalized spacial score (nSPS) is 19.8. The van der Waals surface area contributed by atoms with Crippen LogP contribution < -0.4 is 15.4 Å². The maximum Gasteiger partial charge on any atom is 0.227 e. The number of ether oxygens (including phenoxy) is 1. The molecule has 1 amide bonds. The predicted molar refractivity (Wildman–Crippen MR) is 158 cm³/mol. The van der Waals surface area contributed by atoms with Gasteiger partial charge in [-0.1, -0.05) is 24.4 Å². The number of aldehydes is 1. The summed E-state index contributed by atoms with van der Waals surface area (Å²) in [4.78, 5) is 35.8. The first kappa shape index (κ1) is 29.8. The Labute approximate surface area is 241 Å². The van der Waals surface area contributed by atoms with Crippen molar-refractivity contribution in [1.82, 2.24) is 14.9 Å². The van der Waals surface area contributed by atoms with Crippen LogP contribution in [0.1, 0.15) is 75.8 Å². The van der Waals surface area contributed by atoms with E-state index in [1.807, 2.05) is 27.0 Å². The highest BCUT2D eigenvalue weighted by Gasteiger charge is 2.28. The number of furan rings is 1. The van der Waals surface area contributed by atoms with Crippen LogP contribution in [0, 0.1) is 5.92 Å². The molecule has 1 aliphatic carbocycles. The summed E-state index contributed by atoms with van der Waals surface area (Å²) in [6.07, 6.45) is 11.0. The van der Waals surface area contributed by atoms with Gasteiger partial charge < -0.3 is 24.7 Å². The number of aromatic nitrogens is 2. The van der Waals surface area contributed by atoms with Gasteiger partial charge in [0.05, 0.1) is 11.1 Å². The van der Waals surface area contributed by atoms with Gasteiger partial charge in [0.1, 0.15) is 17.0 Å². The molecule has 0 bridgehead atoms. The van der Waals surface area contributed by atoms with Crippen molar-refractivity contribution >= 4 is 46.4 Å². The number of hydrogen-bond acceptors (Lipinski definition) is 8. The van der Waals surface area contributed by atoms with Gasteiger partial charge in [-0.15, -0.1) is 0 Å². The topological polar surface area (TPSA) is 110 Å². The molecule has 9 nitrogen and oxygen atoms in total. The van der Waals surface area contributed by atoms with E-state index in [1.54, 1.807) is 24.4 Å². The minimum Gasteiger partial charge on any atom is -0.475 e. The van der Waals surface area contributed by atoms with Gasteiger partial charge in [0.25, 0.3) is 0 Å². The second-order valence-corrected chi connectivity index (χ2v) is 11.1. The van der Waals surface area contributed by atoms with Crippen LogP contribution >= 0.6 is 11.6 Å². The standard InChI is InChI=1S/C24H33N3O4.C6H7ClN2/c1-16(2)30-21-12-11-19-22(25-21)23(20(15-28)31-19)26-24(29)17-7-3-4-8-18(10-9-17)27-13-5-6-14-27;1-8-6-3-2-5(7)4-9-6/h11-12,15-18H,3-10,13-14H2,1-2H3,(H,26,29);2-4H,1H3,(H,8,9)/t17-,18?;/m0./s1. The number of likely N-dealkylation sites (tertiary alicyclic amines) is 1. The van der Waals surface area contributed by atoms with Crippen molar-refractivity contribution in [2.45, 2.75) is 77.4 Å². The number of carbonyl (C=O) groups excluding carboxylic acids is 2. The summed E-state index contributed by atoms with van der Waals surface area (Å²) in [7, 11) is 1.82. The fraction of sp³-hybridized carbons (Fsp3) is 0.533. The van der Waals surface area contributed by atoms with Gasteiger partial charge in [0.15, 0.2) is 17.6 Å². The number of fused-ring (bicyclic) bond motifs is 1. The second kappa shape index (κ2) is 14.5. The lowest BCUT2D eigenvalue weighted by molar-refractivity contribution is -0.120. The van der Waals surface area contributed by atoms with Crippen LogP contribution in [-0.4, -0.2) is 59.3 Å². The summed E-state index contributed by atoms with van der Waals surface area (Å²) >= 11 is 5.58. The van der Waals surface area contributed by atoms with E-state index in [1.165, 1.54) is 32.4 Å². The summed E-state index contributed by atoms with van der Waals surface area (Å²) in [5.41, 5.74) is 1.26. The lowest BCUT2D eigenvalue weighted by Gasteiger charge is -2.31. The van der Waals surface area contributed by atoms with E-state index in [9.17, 15) is 9.59 Å². The number of anilines is 2. The molecule has 10 heteroatoms. The quantitative estimate of drug-likeness (QED) is 0.307. The number of nitrogens with zero attached hydrogens (tertiary/aromatic N) is 3. The first-order chi connectivity index (χ1) is 19.4. The minimum atomic E-state index is -0.0649. The van der Waals surface area contributed by atoms with Gasteiger partial charge in [-0.05, 0) is 83.7 Å². The lowest BCUT2D eigenvalue weighted by atomic mass is 9.87. The van der Waals surface area contributed by atoms with Crippen molar-refractivity contribution in [3.05, 3.63) is 41.2 Å². The molecular formula is C30H40ClN5O4. The molecule has 0 aromatic carbocycles. The molecule has 3 aromatic heterocycles. The summed E-state index contributed by atoms with van der Waals surface area (Å²) in [6.45, 7) is 6.23. The predicted octanol–water partition coefficient (Wildman–Crippen LogP) is 6.58. The fourth-order valence-electron chi connectivity index (χ4n) is 5.42. The van der Waals surface area contributed by atoms with Gasteiger partial charge in [-0.2, -0.15) is 0 Å². The van der Waals surface area contributed by atoms with Crippen molar-refractivity contribution in [3.8, 4) is 5.88 Å². The maximum absolute atomic E-state index is 13.2. The average molecular weight is 570 g/mol. The van der Waals surface area contributed by atoms with Crippen LogP contribution in [0.5, 0.6) is 5.88 Å². The third-order valence-corrected chi connectivity index (χ3v) is 7.67. The highest BCUT2D eigenvalue weighted by molar-refractivity contribution is 6.30. The van der Waals surface area contributed by atoms with E-state index < -0.39 is 0 Å². The van der Waals surface area contributed by atoms with E-state index in [-0.39, 0.29) is 23.7 Å². The zero-order chi connectivity index (χ0) is 28.5. The monoisotopic (exact) mass is 569 g/mol. The molecule has 40 heavy (non-hydrogen) atoms. The third-order valence-electron chi connectivity index (χ3n) is 7.45.